The van der Waals surface area contributed by atoms with Crippen LogP contribution in [0.2, 0.25) is 0 Å². The van der Waals surface area contributed by atoms with Crippen LogP contribution in [0.5, 0.6) is 23.0 Å². The van der Waals surface area contributed by atoms with Gasteiger partial charge in [0.05, 0.1) is 49.5 Å². The summed E-state index contributed by atoms with van der Waals surface area (Å²) in [6, 6.07) is 18.3. The van der Waals surface area contributed by atoms with E-state index >= 15 is 0 Å². The van der Waals surface area contributed by atoms with E-state index in [2.05, 4.69) is 116 Å². The van der Waals surface area contributed by atoms with Gasteiger partial charge in [-0.25, -0.2) is 0 Å². The quantitative estimate of drug-likeness (QED) is 0.0292. The second-order valence-electron chi connectivity index (χ2n) is 27.7. The number of benzene rings is 4. The van der Waals surface area contributed by atoms with Crippen molar-refractivity contribution in [2.24, 2.45) is 0 Å². The molecule has 0 amide bonds. The van der Waals surface area contributed by atoms with Gasteiger partial charge in [-0.1, -0.05) is 180 Å². The molecule has 10 rings (SSSR count). The first-order valence-corrected chi connectivity index (χ1v) is 36.7. The van der Waals surface area contributed by atoms with E-state index in [1.54, 1.807) is 20.8 Å². The Balaban J connectivity index is 0.000000256. The molecule has 6 aliphatic rings. The summed E-state index contributed by atoms with van der Waals surface area (Å²) >= 11 is 0. The zero-order valence-corrected chi connectivity index (χ0v) is 64.7. The Morgan fingerprint density at radius 3 is 0.927 bits per heavy atom. The molecule has 2 fully saturated rings. The van der Waals surface area contributed by atoms with Crippen molar-refractivity contribution in [3.8, 4) is 23.0 Å². The van der Waals surface area contributed by atoms with Gasteiger partial charge in [0.2, 0.25) is 0 Å². The van der Waals surface area contributed by atoms with Gasteiger partial charge in [0, 0.05) is 38.5 Å². The number of carbonyl (C=O) groups is 2. The molecule has 0 unspecified atom stereocenters. The molecule has 11 nitrogen and oxygen atoms in total. The molecule has 0 aromatic heterocycles. The van der Waals surface area contributed by atoms with E-state index in [1.165, 1.54) is 169 Å². The monoisotopic (exact) mass is 1350 g/mol. The SMILES string of the molecule is C=C1CCc2cc(CCCCCCC)cc(C)c2O1.C=C1CCc2cc(CCCCCCC3OCCO3)cc(C)c2O1.C=C1CCc2cc(CCCCCCC=O)cc(C)c2O1.C=C1CCc2cc(CCCCCCCC=O)cc(C)c2O1.CC(C)(C)[O-].CCC1OCCO1.[K+]. The Hall–Kier alpha value is -4.18. The second-order valence-corrected chi connectivity index (χ2v) is 27.7. The number of rotatable bonds is 29. The fourth-order valence-electron chi connectivity index (χ4n) is 12.6. The number of aryl methyl sites for hydroxylation is 12. The Kier molecular flexibility index (Phi) is 41.9. The van der Waals surface area contributed by atoms with E-state index in [9.17, 15) is 14.7 Å². The standard InChI is InChI=1S/C20H28O3.C19H26O2.C18H24O2.C18H26O.C5H10O2.C4H9O.K/c1-15-13-17(14-18-10-9-16(2)23-20(15)18)7-5-3-4-6-8-19-21-11-12-22-19;1-15-13-17(9-7-5-3-4-6-8-12-20)14-18-11-10-16(2)21-19(15)18;1-14-12-16(8-6-4-3-5-7-11-19)13-17-10-9-15(2)20-18(14)17;1-4-5-6-7-8-9-16-12-14(2)18-17(13-16)11-10-15(3)19-18;1-2-5-6-3-4-7-5;1-4(2,3)5;/h13-14,19H,2-12H2,1H3;12-14H,2-11H2,1H3;11-13H,2-10H2,1H3;12-13H,3-11H2,1-2H3;5H,2-4H2,1H3;1-3H3;/q;;;;;-1;+1. The van der Waals surface area contributed by atoms with Crippen molar-refractivity contribution in [2.45, 2.75) is 299 Å². The summed E-state index contributed by atoms with van der Waals surface area (Å²) in [6.45, 7) is 36.5. The Labute approximate surface area is 624 Å². The maximum Gasteiger partial charge on any atom is 1.00 e. The van der Waals surface area contributed by atoms with E-state index in [1.807, 2.05) is 0 Å². The maximum absolute atomic E-state index is 10.2. The van der Waals surface area contributed by atoms with Crippen molar-refractivity contribution >= 4 is 12.6 Å². The molecule has 0 aliphatic carbocycles. The topological polar surface area (TPSA) is 131 Å². The molecule has 96 heavy (non-hydrogen) atoms. The summed E-state index contributed by atoms with van der Waals surface area (Å²) < 4.78 is 44.2. The average Bonchev–Trinajstić information content (AvgIpc) is 0.915. The number of aldehydes is 2. The molecule has 2 saturated heterocycles. The van der Waals surface area contributed by atoms with E-state index < -0.39 is 5.60 Å². The van der Waals surface area contributed by atoms with Crippen molar-refractivity contribution in [3.05, 3.63) is 165 Å². The first kappa shape index (κ1) is 84.2. The summed E-state index contributed by atoms with van der Waals surface area (Å²) in [5.41, 5.74) is 15.4. The Morgan fingerprint density at radius 1 is 0.396 bits per heavy atom. The number of hydrogen-bond donors (Lipinski definition) is 0. The number of fused-ring (bicyclic) bond motifs is 4. The molecule has 0 saturated carbocycles. The predicted molar refractivity (Wildman–Crippen MR) is 388 cm³/mol. The molecule has 0 N–H and O–H groups in total. The van der Waals surface area contributed by atoms with Crippen LogP contribution in [0.15, 0.2) is 97.9 Å². The van der Waals surface area contributed by atoms with Gasteiger partial charge < -0.3 is 52.6 Å². The molecular formula is C84H123KO11. The second kappa shape index (κ2) is 47.8. The third-order valence-corrected chi connectivity index (χ3v) is 17.6. The third kappa shape index (κ3) is 33.8. The molecule has 6 heterocycles. The summed E-state index contributed by atoms with van der Waals surface area (Å²) in [5.74, 6) is 7.72. The third-order valence-electron chi connectivity index (χ3n) is 17.6. The minimum absolute atomic E-state index is 0. The minimum atomic E-state index is -0.750. The van der Waals surface area contributed by atoms with Crippen molar-refractivity contribution in [1.29, 1.82) is 0 Å². The van der Waals surface area contributed by atoms with Crippen molar-refractivity contribution in [3.63, 3.8) is 0 Å². The van der Waals surface area contributed by atoms with Gasteiger partial charge in [-0.15, -0.1) is 5.60 Å². The average molecular weight is 1350 g/mol. The van der Waals surface area contributed by atoms with Crippen molar-refractivity contribution in [2.75, 3.05) is 26.4 Å². The maximum atomic E-state index is 10.2. The molecule has 0 spiro atoms. The number of unbranched alkanes of at least 4 members (excludes halogenated alkanes) is 16. The first-order valence-electron chi connectivity index (χ1n) is 36.7. The van der Waals surface area contributed by atoms with Gasteiger partial charge in [0.1, 0.15) is 35.6 Å². The molecular weight excluding hydrogens is 1220 g/mol. The van der Waals surface area contributed by atoms with Crippen molar-refractivity contribution < 1.29 is 104 Å². The van der Waals surface area contributed by atoms with E-state index in [0.717, 1.165) is 194 Å². The zero-order valence-electron chi connectivity index (χ0n) is 61.6. The zero-order chi connectivity index (χ0) is 68.8. The summed E-state index contributed by atoms with van der Waals surface area (Å²) in [7, 11) is 0. The molecule has 0 bridgehead atoms. The Bertz CT molecular complexity index is 2970. The minimum Gasteiger partial charge on any atom is -0.850 e. The fourth-order valence-corrected chi connectivity index (χ4v) is 12.6. The van der Waals surface area contributed by atoms with Crippen LogP contribution >= 0.6 is 0 Å². The van der Waals surface area contributed by atoms with Gasteiger partial charge in [-0.3, -0.25) is 0 Å². The molecule has 4 aromatic rings. The predicted octanol–water partition coefficient (Wildman–Crippen LogP) is 17.4. The van der Waals surface area contributed by atoms with E-state index in [4.69, 9.17) is 37.9 Å². The van der Waals surface area contributed by atoms with Gasteiger partial charge in [0.25, 0.3) is 0 Å². The summed E-state index contributed by atoms with van der Waals surface area (Å²) in [4.78, 5) is 20.5. The molecule has 0 radical (unpaired) electrons. The normalized spacial score (nSPS) is 15.3. The van der Waals surface area contributed by atoms with Crippen LogP contribution in [0.25, 0.3) is 0 Å². The van der Waals surface area contributed by atoms with E-state index in [0.29, 0.717) is 6.42 Å². The molecule has 4 aromatic carbocycles. The summed E-state index contributed by atoms with van der Waals surface area (Å²) in [6.07, 6.45) is 40.5. The van der Waals surface area contributed by atoms with Gasteiger partial charge >= 0.3 is 51.4 Å². The molecule has 12 heteroatoms. The smallest absolute Gasteiger partial charge is 0.850 e. The Morgan fingerprint density at radius 2 is 0.656 bits per heavy atom. The number of allylic oxidation sites excluding steroid dienone is 4. The van der Waals surface area contributed by atoms with Crippen LogP contribution in [-0.4, -0.2) is 57.2 Å². The van der Waals surface area contributed by atoms with Crippen LogP contribution < -0.4 is 75.4 Å². The summed E-state index contributed by atoms with van der Waals surface area (Å²) in [5, 5.41) is 10.1. The van der Waals surface area contributed by atoms with Crippen LogP contribution in [0.4, 0.5) is 0 Å². The number of ether oxygens (including phenoxy) is 8. The number of carbonyl (C=O) groups excluding carboxylic acids is 2. The molecule has 526 valence electrons. The largest absolute Gasteiger partial charge is 1.00 e. The fraction of sp³-hybridized carbons (Fsp3) is 0.595. The van der Waals surface area contributed by atoms with Crippen LogP contribution in [0.3, 0.4) is 0 Å². The van der Waals surface area contributed by atoms with Crippen LogP contribution in [-0.2, 0) is 79.9 Å². The number of hydrogen-bond acceptors (Lipinski definition) is 11. The van der Waals surface area contributed by atoms with Crippen LogP contribution in [0, 0.1) is 27.7 Å². The van der Waals surface area contributed by atoms with E-state index in [-0.39, 0.29) is 64.0 Å². The molecule has 0 atom stereocenters. The molecule has 6 aliphatic heterocycles. The van der Waals surface area contributed by atoms with Crippen LogP contribution in [0.1, 0.15) is 268 Å². The first-order chi connectivity index (χ1) is 45.8. The van der Waals surface area contributed by atoms with Gasteiger partial charge in [-0.2, -0.15) is 0 Å². The van der Waals surface area contributed by atoms with Crippen molar-refractivity contribution in [1.82, 2.24) is 0 Å². The van der Waals surface area contributed by atoms with Gasteiger partial charge in [0.15, 0.2) is 12.6 Å². The van der Waals surface area contributed by atoms with Gasteiger partial charge in [-0.05, 0) is 204 Å².